The molecular weight excluding hydrogens is 586 g/mol. The number of piperidine rings is 1. The summed E-state index contributed by atoms with van der Waals surface area (Å²) in [6, 6.07) is 10.2. The van der Waals surface area contributed by atoms with Gasteiger partial charge in [-0.25, -0.2) is 4.98 Å². The van der Waals surface area contributed by atoms with E-state index in [4.69, 9.17) is 0 Å². The number of rotatable bonds is 18. The average molecular weight is 644 g/mol. The number of hydrogen-bond donors (Lipinski definition) is 3. The van der Waals surface area contributed by atoms with Crippen molar-refractivity contribution >= 4 is 29.2 Å². The first kappa shape index (κ1) is 35.1. The maximum absolute atomic E-state index is 13.5. The van der Waals surface area contributed by atoms with Crippen LogP contribution in [0.4, 0.5) is 11.5 Å². The van der Waals surface area contributed by atoms with Crippen LogP contribution in [-0.2, 0) is 32.6 Å². The van der Waals surface area contributed by atoms with Crippen molar-refractivity contribution in [3.8, 4) is 0 Å². The first-order valence-corrected chi connectivity index (χ1v) is 18.6. The van der Waals surface area contributed by atoms with Crippen LogP contribution >= 0.6 is 0 Å². The number of anilines is 2. The quantitative estimate of drug-likeness (QED) is 0.146. The summed E-state index contributed by atoms with van der Waals surface area (Å²) < 4.78 is 0. The van der Waals surface area contributed by atoms with Gasteiger partial charge in [-0.05, 0) is 68.4 Å². The molecule has 0 bridgehead atoms. The largest absolute Gasteiger partial charge is 0.329 e. The van der Waals surface area contributed by atoms with Crippen LogP contribution in [-0.4, -0.2) is 52.8 Å². The predicted octanol–water partition coefficient (Wildman–Crippen LogP) is 7.46. The van der Waals surface area contributed by atoms with Crippen molar-refractivity contribution in [2.24, 2.45) is 0 Å². The second-order valence-electron chi connectivity index (χ2n) is 14.4. The number of nitrogens with one attached hydrogen (secondary N) is 3. The smallest absolute Gasteiger partial charge is 0.244 e. The van der Waals surface area contributed by atoms with E-state index in [0.29, 0.717) is 36.8 Å². The van der Waals surface area contributed by atoms with E-state index in [9.17, 15) is 14.4 Å². The van der Waals surface area contributed by atoms with Gasteiger partial charge in [0, 0.05) is 42.5 Å². The van der Waals surface area contributed by atoms with Crippen LogP contribution in [0.3, 0.4) is 0 Å². The Morgan fingerprint density at radius 3 is 2.28 bits per heavy atom. The molecule has 0 unspecified atom stereocenters. The minimum Gasteiger partial charge on any atom is -0.329 e. The summed E-state index contributed by atoms with van der Waals surface area (Å²) in [6.07, 6.45) is 21.9. The maximum Gasteiger partial charge on any atom is 0.244 e. The third kappa shape index (κ3) is 9.21. The summed E-state index contributed by atoms with van der Waals surface area (Å²) in [5.41, 5.74) is 3.19. The van der Waals surface area contributed by atoms with Crippen molar-refractivity contribution in [3.63, 3.8) is 0 Å². The van der Waals surface area contributed by atoms with Crippen LogP contribution in [0, 0.1) is 0 Å². The SMILES string of the molecule is CCCCCCCCCCCCCCCC(=O)N(CC(=O)Nc1ccc2c(c1)C[C@@]1(C2)C(=O)Nc2ncccc21)[C@H]1CC[C@H](C)NC1. The van der Waals surface area contributed by atoms with Crippen molar-refractivity contribution in [2.75, 3.05) is 23.7 Å². The van der Waals surface area contributed by atoms with Crippen LogP contribution in [0.25, 0.3) is 0 Å². The number of pyridine rings is 1. The van der Waals surface area contributed by atoms with Crippen molar-refractivity contribution in [3.05, 3.63) is 53.2 Å². The number of carbonyl (C=O) groups excluding carboxylic acids is 3. The van der Waals surface area contributed by atoms with Gasteiger partial charge in [-0.3, -0.25) is 14.4 Å². The van der Waals surface area contributed by atoms with E-state index in [2.05, 4.69) is 34.8 Å². The molecule has 3 aliphatic rings. The van der Waals surface area contributed by atoms with Crippen molar-refractivity contribution in [2.45, 2.75) is 147 Å². The Labute approximate surface area is 282 Å². The molecule has 1 saturated heterocycles. The van der Waals surface area contributed by atoms with Gasteiger partial charge in [-0.15, -0.1) is 0 Å². The zero-order chi connectivity index (χ0) is 33.1. The lowest BCUT2D eigenvalue weighted by Gasteiger charge is -2.36. The predicted molar refractivity (Wildman–Crippen MR) is 190 cm³/mol. The first-order valence-electron chi connectivity index (χ1n) is 18.6. The molecule has 0 saturated carbocycles. The molecule has 1 aromatic heterocycles. The highest BCUT2D eigenvalue weighted by atomic mass is 16.2. The van der Waals surface area contributed by atoms with Gasteiger partial charge in [0.2, 0.25) is 17.7 Å². The second kappa shape index (κ2) is 17.2. The molecule has 1 aromatic carbocycles. The summed E-state index contributed by atoms with van der Waals surface area (Å²) in [4.78, 5) is 46.2. The van der Waals surface area contributed by atoms with Gasteiger partial charge in [-0.2, -0.15) is 0 Å². The molecule has 2 aromatic rings. The zero-order valence-corrected chi connectivity index (χ0v) is 28.9. The van der Waals surface area contributed by atoms with E-state index in [1.807, 2.05) is 35.2 Å². The van der Waals surface area contributed by atoms with Crippen molar-refractivity contribution in [1.82, 2.24) is 15.2 Å². The zero-order valence-electron chi connectivity index (χ0n) is 28.9. The maximum atomic E-state index is 13.5. The van der Waals surface area contributed by atoms with Crippen LogP contribution in [0.2, 0.25) is 0 Å². The molecule has 47 heavy (non-hydrogen) atoms. The lowest BCUT2D eigenvalue weighted by atomic mass is 9.79. The van der Waals surface area contributed by atoms with E-state index in [1.54, 1.807) is 6.20 Å². The summed E-state index contributed by atoms with van der Waals surface area (Å²) in [5.74, 6) is 0.540. The standard InChI is InChI=1S/C39H57N5O3/c1-3-4-5-6-7-8-9-10-11-12-13-14-15-18-36(46)44(33-22-19-29(2)41-27-33)28-35(45)42-32-21-20-30-25-39(26-31(30)24-32)34-17-16-23-40-37(34)43-38(39)47/h16-17,20-21,23-24,29,33,41H,3-15,18-19,22,25-28H2,1-2H3,(H,42,45)(H,40,43,47)/t29-,33-,39+/m0/s1. The molecule has 1 spiro atoms. The Hall–Kier alpha value is -3.26. The Bertz CT molecular complexity index is 1350. The molecular formula is C39H57N5O3. The number of unbranched alkanes of at least 4 members (excludes halogenated alkanes) is 12. The lowest BCUT2D eigenvalue weighted by molar-refractivity contribution is -0.137. The molecule has 256 valence electrons. The van der Waals surface area contributed by atoms with Gasteiger partial charge in [0.1, 0.15) is 12.4 Å². The Kier molecular flexibility index (Phi) is 12.9. The molecule has 3 N–H and O–H groups in total. The molecule has 8 heteroatoms. The third-order valence-corrected chi connectivity index (χ3v) is 10.7. The Balaban J connectivity index is 1.08. The molecule has 3 amide bonds. The van der Waals surface area contributed by atoms with Crippen LogP contribution in [0.5, 0.6) is 0 Å². The molecule has 3 heterocycles. The van der Waals surface area contributed by atoms with Gasteiger partial charge < -0.3 is 20.9 Å². The minimum atomic E-state index is -0.642. The summed E-state index contributed by atoms with van der Waals surface area (Å²) in [7, 11) is 0. The van der Waals surface area contributed by atoms with E-state index in [0.717, 1.165) is 48.9 Å². The van der Waals surface area contributed by atoms with Gasteiger partial charge in [0.15, 0.2) is 0 Å². The number of aromatic nitrogens is 1. The normalized spacial score (nSPS) is 21.4. The van der Waals surface area contributed by atoms with Gasteiger partial charge in [-0.1, -0.05) is 96.1 Å². The van der Waals surface area contributed by atoms with E-state index in [-0.39, 0.29) is 30.3 Å². The van der Waals surface area contributed by atoms with Crippen molar-refractivity contribution < 1.29 is 14.4 Å². The van der Waals surface area contributed by atoms with Crippen molar-refractivity contribution in [1.29, 1.82) is 0 Å². The van der Waals surface area contributed by atoms with E-state index in [1.165, 1.54) is 70.6 Å². The van der Waals surface area contributed by atoms with Crippen LogP contribution in [0.1, 0.15) is 133 Å². The lowest BCUT2D eigenvalue weighted by Crippen LogP contribution is -2.53. The number of hydrogen-bond acceptors (Lipinski definition) is 5. The molecule has 5 rings (SSSR count). The average Bonchev–Trinajstić information content (AvgIpc) is 3.58. The monoisotopic (exact) mass is 643 g/mol. The first-order chi connectivity index (χ1) is 22.9. The fourth-order valence-electron chi connectivity index (χ4n) is 7.81. The highest BCUT2D eigenvalue weighted by Crippen LogP contribution is 2.47. The van der Waals surface area contributed by atoms with E-state index >= 15 is 0 Å². The number of benzene rings is 1. The second-order valence-corrected chi connectivity index (χ2v) is 14.4. The number of amides is 3. The summed E-state index contributed by atoms with van der Waals surface area (Å²) >= 11 is 0. The topological polar surface area (TPSA) is 103 Å². The molecule has 1 fully saturated rings. The van der Waals surface area contributed by atoms with E-state index < -0.39 is 5.41 Å². The Morgan fingerprint density at radius 2 is 1.60 bits per heavy atom. The number of carbonyl (C=O) groups is 3. The summed E-state index contributed by atoms with van der Waals surface area (Å²) in [5, 5.41) is 9.53. The van der Waals surface area contributed by atoms with Gasteiger partial charge in [0.25, 0.3) is 0 Å². The Morgan fingerprint density at radius 1 is 0.915 bits per heavy atom. The highest BCUT2D eigenvalue weighted by molar-refractivity contribution is 6.06. The molecule has 0 radical (unpaired) electrons. The minimum absolute atomic E-state index is 0.0129. The van der Waals surface area contributed by atoms with Gasteiger partial charge >= 0.3 is 0 Å². The third-order valence-electron chi connectivity index (χ3n) is 10.7. The fraction of sp³-hybridized carbons (Fsp3) is 0.641. The summed E-state index contributed by atoms with van der Waals surface area (Å²) in [6.45, 7) is 5.21. The van der Waals surface area contributed by atoms with Crippen LogP contribution in [0.15, 0.2) is 36.5 Å². The molecule has 2 aliphatic heterocycles. The molecule has 3 atom stereocenters. The fourth-order valence-corrected chi connectivity index (χ4v) is 7.81. The number of fused-ring (bicyclic) bond motifs is 3. The van der Waals surface area contributed by atoms with Gasteiger partial charge in [0.05, 0.1) is 5.41 Å². The molecule has 1 aliphatic carbocycles. The number of nitrogens with zero attached hydrogens (tertiary/aromatic N) is 2. The van der Waals surface area contributed by atoms with Crippen LogP contribution < -0.4 is 16.0 Å². The highest BCUT2D eigenvalue weighted by Gasteiger charge is 2.51. The molecule has 8 nitrogen and oxygen atoms in total.